The van der Waals surface area contributed by atoms with Gasteiger partial charge in [0.2, 0.25) is 5.88 Å². The molecule has 0 aliphatic heterocycles. The van der Waals surface area contributed by atoms with Crippen LogP contribution in [0.2, 0.25) is 0 Å². The van der Waals surface area contributed by atoms with Gasteiger partial charge < -0.3 is 4.74 Å². The Balaban J connectivity index is 1.84. The molecular weight excluding hydrogens is 600 g/mol. The summed E-state index contributed by atoms with van der Waals surface area (Å²) in [6, 6.07) is 11.9. The second-order valence-corrected chi connectivity index (χ2v) is 9.73. The quantitative estimate of drug-likeness (QED) is 0.146. The number of nitro benzene ring substituents is 1. The van der Waals surface area contributed by atoms with Crippen LogP contribution >= 0.6 is 27.3 Å². The number of non-ortho nitro benzene ring substituents is 1. The van der Waals surface area contributed by atoms with Crippen LogP contribution in [0.1, 0.15) is 11.1 Å². The van der Waals surface area contributed by atoms with Crippen LogP contribution in [0.4, 0.5) is 14.5 Å². The Labute approximate surface area is 230 Å². The summed E-state index contributed by atoms with van der Waals surface area (Å²) in [4.78, 5) is 38.9. The number of benzene rings is 2. The highest BCUT2D eigenvalue weighted by atomic mass is 79.9. The third-order valence-corrected chi connectivity index (χ3v) is 7.85. The second-order valence-electron chi connectivity index (χ2n) is 8.17. The van der Waals surface area contributed by atoms with Gasteiger partial charge in [-0.3, -0.25) is 19.5 Å². The molecule has 0 aliphatic rings. The van der Waals surface area contributed by atoms with Gasteiger partial charge in [-0.05, 0) is 41.5 Å². The van der Waals surface area contributed by atoms with Crippen LogP contribution in [0.15, 0.2) is 64.2 Å². The largest absolute Gasteiger partial charge is 0.480 e. The van der Waals surface area contributed by atoms with Crippen molar-refractivity contribution in [2.45, 2.75) is 11.9 Å². The van der Waals surface area contributed by atoms with E-state index in [0.29, 0.717) is 16.0 Å². The van der Waals surface area contributed by atoms with E-state index in [-0.39, 0.29) is 38.5 Å². The number of methoxy groups -OCH3 is 1. The van der Waals surface area contributed by atoms with Gasteiger partial charge in [0.05, 0.1) is 24.0 Å². The smallest absolute Gasteiger partial charge is 0.338 e. The molecule has 5 rings (SSSR count). The first-order valence-electron chi connectivity index (χ1n) is 11.2. The fourth-order valence-corrected chi connectivity index (χ4v) is 6.14. The molecule has 0 atom stereocenters. The molecule has 14 heteroatoms. The van der Waals surface area contributed by atoms with Crippen LogP contribution < -0.4 is 16.0 Å². The molecule has 0 saturated heterocycles. The van der Waals surface area contributed by atoms with Crippen molar-refractivity contribution in [3.05, 3.63) is 108 Å². The molecule has 0 amide bonds. The zero-order valence-electron chi connectivity index (χ0n) is 19.9. The van der Waals surface area contributed by atoms with Crippen LogP contribution in [0, 0.1) is 21.7 Å². The first-order valence-corrected chi connectivity index (χ1v) is 13.1. The zero-order valence-corrected chi connectivity index (χ0v) is 22.3. The Morgan fingerprint density at radius 1 is 1.03 bits per heavy atom. The van der Waals surface area contributed by atoms with Crippen molar-refractivity contribution in [3.63, 3.8) is 0 Å². The van der Waals surface area contributed by atoms with E-state index in [9.17, 15) is 28.5 Å². The predicted molar refractivity (Wildman–Crippen MR) is 144 cm³/mol. The predicted octanol–water partition coefficient (Wildman–Crippen LogP) is 4.81. The van der Waals surface area contributed by atoms with E-state index in [0.717, 1.165) is 32.6 Å². The molecule has 0 spiro atoms. The first-order chi connectivity index (χ1) is 18.7. The van der Waals surface area contributed by atoms with Crippen molar-refractivity contribution in [2.75, 3.05) is 7.11 Å². The summed E-state index contributed by atoms with van der Waals surface area (Å²) in [5.41, 5.74) is -1.02. The van der Waals surface area contributed by atoms with Gasteiger partial charge in [0.15, 0.2) is 5.82 Å². The number of halogens is 3. The maximum atomic E-state index is 14.7. The number of thiophene rings is 1. The molecule has 0 radical (unpaired) electrons. The summed E-state index contributed by atoms with van der Waals surface area (Å²) in [6.45, 7) is -0.514. The van der Waals surface area contributed by atoms with Crippen LogP contribution in [-0.2, 0) is 11.9 Å². The maximum Gasteiger partial charge on any atom is 0.338 e. The van der Waals surface area contributed by atoms with Crippen molar-refractivity contribution in [2.24, 2.45) is 0 Å². The average molecular weight is 616 g/mol. The highest BCUT2D eigenvalue weighted by Gasteiger charge is 2.25. The van der Waals surface area contributed by atoms with Crippen LogP contribution in [0.5, 0.6) is 5.88 Å². The number of rotatable bonds is 7. The molecule has 0 fully saturated rings. The minimum absolute atomic E-state index is 0.112. The fourth-order valence-electron chi connectivity index (χ4n) is 4.09. The molecule has 0 aliphatic carbocycles. The van der Waals surface area contributed by atoms with Gasteiger partial charge in [-0.15, -0.1) is 21.5 Å². The van der Waals surface area contributed by atoms with E-state index in [1.807, 2.05) is 0 Å². The molecule has 3 aromatic heterocycles. The number of nitrogens with zero attached hydrogens (tertiary/aromatic N) is 5. The highest BCUT2D eigenvalue weighted by molar-refractivity contribution is 9.08. The number of hydrogen-bond donors (Lipinski definition) is 0. The Morgan fingerprint density at radius 2 is 1.72 bits per heavy atom. The van der Waals surface area contributed by atoms with Gasteiger partial charge in [0.1, 0.15) is 16.5 Å². The molecule has 5 aromatic rings. The minimum Gasteiger partial charge on any atom is -0.480 e. The van der Waals surface area contributed by atoms with Gasteiger partial charge in [0, 0.05) is 34.0 Å². The minimum atomic E-state index is -0.882. The van der Waals surface area contributed by atoms with Crippen molar-refractivity contribution >= 4 is 43.2 Å². The molecule has 198 valence electrons. The second kappa shape index (κ2) is 10.5. The number of ether oxygens (including phenoxy) is 1. The van der Waals surface area contributed by atoms with Crippen molar-refractivity contribution in [3.8, 4) is 22.1 Å². The van der Waals surface area contributed by atoms with Crippen molar-refractivity contribution in [1.82, 2.24) is 19.3 Å². The third kappa shape index (κ3) is 4.61. The normalized spacial score (nSPS) is 11.2. The Bertz CT molecular complexity index is 1830. The molecule has 3 heterocycles. The molecule has 0 unspecified atom stereocenters. The SMILES string of the molecule is COc1ccc(-n2c(=O)c3c(CBr)c(-c4ccc([N+](=O)[O-])cc4)sc3n(Cc3c(F)cccc3F)c2=O)nn1. The summed E-state index contributed by atoms with van der Waals surface area (Å²) >= 11 is 4.47. The van der Waals surface area contributed by atoms with E-state index in [2.05, 4.69) is 26.1 Å². The summed E-state index contributed by atoms with van der Waals surface area (Å²) in [5, 5.41) is 19.2. The number of alkyl halides is 1. The Hall–Kier alpha value is -4.30. The summed E-state index contributed by atoms with van der Waals surface area (Å²) in [7, 11) is 1.38. The van der Waals surface area contributed by atoms with E-state index >= 15 is 0 Å². The number of nitro groups is 1. The summed E-state index contributed by atoms with van der Waals surface area (Å²) < 4.78 is 36.2. The third-order valence-electron chi connectivity index (χ3n) is 5.99. The van der Waals surface area contributed by atoms with Crippen LogP contribution in [0.3, 0.4) is 0 Å². The van der Waals surface area contributed by atoms with Gasteiger partial charge in [-0.25, -0.2) is 18.1 Å². The molecule has 2 aromatic carbocycles. The molecule has 10 nitrogen and oxygen atoms in total. The lowest BCUT2D eigenvalue weighted by Crippen LogP contribution is -2.39. The number of hydrogen-bond acceptors (Lipinski definition) is 8. The average Bonchev–Trinajstić information content (AvgIpc) is 3.33. The Morgan fingerprint density at radius 3 is 2.28 bits per heavy atom. The van der Waals surface area contributed by atoms with E-state index < -0.39 is 34.4 Å². The molecule has 0 N–H and O–H groups in total. The van der Waals surface area contributed by atoms with Gasteiger partial charge in [-0.1, -0.05) is 22.0 Å². The van der Waals surface area contributed by atoms with Crippen molar-refractivity contribution in [1.29, 1.82) is 0 Å². The standard InChI is InChI=1S/C25H16BrF2N5O5S/c1-38-20-10-9-19(29-30-20)32-23(34)21-15(11-26)22(13-5-7-14(8-6-13)33(36)37)39-24(21)31(25(32)35)12-16-17(27)3-2-4-18(16)28/h2-10H,11-12H2,1H3. The first kappa shape index (κ1) is 26.3. The monoisotopic (exact) mass is 615 g/mol. The highest BCUT2D eigenvalue weighted by Crippen LogP contribution is 2.39. The number of aromatic nitrogens is 4. The van der Waals surface area contributed by atoms with E-state index in [1.165, 1.54) is 49.6 Å². The van der Waals surface area contributed by atoms with Crippen molar-refractivity contribution < 1.29 is 18.4 Å². The molecule has 0 saturated carbocycles. The lowest BCUT2D eigenvalue weighted by atomic mass is 10.1. The lowest BCUT2D eigenvalue weighted by molar-refractivity contribution is -0.384. The molecule has 39 heavy (non-hydrogen) atoms. The van der Waals surface area contributed by atoms with E-state index in [1.54, 1.807) is 0 Å². The Kier molecular flexibility index (Phi) is 7.06. The van der Waals surface area contributed by atoms with Gasteiger partial charge in [0.25, 0.3) is 11.2 Å². The topological polar surface area (TPSA) is 122 Å². The molecular formula is C25H16BrF2N5O5S. The summed E-state index contributed by atoms with van der Waals surface area (Å²) in [5.74, 6) is -1.67. The van der Waals surface area contributed by atoms with E-state index in [4.69, 9.17) is 4.74 Å². The lowest BCUT2D eigenvalue weighted by Gasteiger charge is -2.13. The summed E-state index contributed by atoms with van der Waals surface area (Å²) in [6.07, 6.45) is 0. The van der Waals surface area contributed by atoms with Crippen LogP contribution in [-0.4, -0.2) is 31.4 Å². The van der Waals surface area contributed by atoms with Crippen LogP contribution in [0.25, 0.3) is 26.5 Å². The fraction of sp³-hybridized carbons (Fsp3) is 0.120. The number of fused-ring (bicyclic) bond motifs is 1. The molecule has 0 bridgehead atoms. The van der Waals surface area contributed by atoms with Gasteiger partial charge >= 0.3 is 5.69 Å². The maximum absolute atomic E-state index is 14.7. The zero-order chi connectivity index (χ0) is 27.8. The van der Waals surface area contributed by atoms with Gasteiger partial charge in [-0.2, -0.15) is 0 Å².